The Labute approximate surface area is 116 Å². The largest absolute Gasteiger partial charge is 0.493 e. The number of hydrogen-bond acceptors (Lipinski definition) is 3. The molecule has 0 aliphatic carbocycles. The SMILES string of the molecule is CC(C)(CCOc1cc(Cl)cc(Cl)c1)C(N)=NO. The Morgan fingerprint density at radius 3 is 2.39 bits per heavy atom. The lowest BCUT2D eigenvalue weighted by molar-refractivity contribution is 0.259. The van der Waals surface area contributed by atoms with Gasteiger partial charge >= 0.3 is 0 Å². The molecule has 0 aliphatic rings. The summed E-state index contributed by atoms with van der Waals surface area (Å²) in [5.74, 6) is 0.776. The highest BCUT2D eigenvalue weighted by atomic mass is 35.5. The average molecular weight is 291 g/mol. The van der Waals surface area contributed by atoms with Crippen LogP contribution >= 0.6 is 23.2 Å². The van der Waals surface area contributed by atoms with E-state index in [1.54, 1.807) is 18.2 Å². The van der Waals surface area contributed by atoms with Gasteiger partial charge in [-0.05, 0) is 24.6 Å². The average Bonchev–Trinajstić information content (AvgIpc) is 2.26. The van der Waals surface area contributed by atoms with Crippen LogP contribution in [-0.4, -0.2) is 17.6 Å². The molecule has 0 aromatic heterocycles. The quantitative estimate of drug-likeness (QED) is 0.377. The molecule has 3 N–H and O–H groups in total. The minimum atomic E-state index is -0.433. The van der Waals surface area contributed by atoms with E-state index in [1.807, 2.05) is 13.8 Å². The molecule has 1 aromatic rings. The number of nitrogens with two attached hydrogens (primary N) is 1. The van der Waals surface area contributed by atoms with Gasteiger partial charge in [0.05, 0.1) is 6.61 Å². The van der Waals surface area contributed by atoms with Gasteiger partial charge in [0.25, 0.3) is 0 Å². The zero-order valence-corrected chi connectivity index (χ0v) is 11.8. The van der Waals surface area contributed by atoms with Crippen molar-refractivity contribution in [2.45, 2.75) is 20.3 Å². The first-order valence-electron chi connectivity index (χ1n) is 5.42. The fraction of sp³-hybridized carbons (Fsp3) is 0.417. The van der Waals surface area contributed by atoms with Crippen LogP contribution in [0.25, 0.3) is 0 Å². The third kappa shape index (κ3) is 4.27. The Morgan fingerprint density at radius 1 is 1.33 bits per heavy atom. The minimum absolute atomic E-state index is 0.176. The fourth-order valence-electron chi connectivity index (χ4n) is 1.30. The smallest absolute Gasteiger partial charge is 0.144 e. The molecule has 6 heteroatoms. The highest BCUT2D eigenvalue weighted by Crippen LogP contribution is 2.26. The van der Waals surface area contributed by atoms with E-state index in [-0.39, 0.29) is 5.84 Å². The minimum Gasteiger partial charge on any atom is -0.493 e. The molecule has 0 saturated carbocycles. The lowest BCUT2D eigenvalue weighted by Crippen LogP contribution is -2.33. The zero-order valence-electron chi connectivity index (χ0n) is 10.3. The van der Waals surface area contributed by atoms with Crippen molar-refractivity contribution in [2.75, 3.05) is 6.61 Å². The number of halogens is 2. The maximum absolute atomic E-state index is 8.65. The molecule has 100 valence electrons. The molecule has 4 nitrogen and oxygen atoms in total. The normalized spacial score (nSPS) is 12.6. The molecule has 0 heterocycles. The van der Waals surface area contributed by atoms with Crippen LogP contribution in [0.4, 0.5) is 0 Å². The lowest BCUT2D eigenvalue weighted by atomic mass is 9.88. The van der Waals surface area contributed by atoms with Crippen molar-refractivity contribution in [3.8, 4) is 5.75 Å². The summed E-state index contributed by atoms with van der Waals surface area (Å²) in [6, 6.07) is 5.00. The molecule has 0 aliphatic heterocycles. The van der Waals surface area contributed by atoms with E-state index in [0.29, 0.717) is 28.8 Å². The number of oxime groups is 1. The number of ether oxygens (including phenoxy) is 1. The summed E-state index contributed by atoms with van der Waals surface area (Å²) in [5, 5.41) is 12.7. The molecule has 18 heavy (non-hydrogen) atoms. The fourth-order valence-corrected chi connectivity index (χ4v) is 1.81. The van der Waals surface area contributed by atoms with E-state index in [2.05, 4.69) is 5.16 Å². The van der Waals surface area contributed by atoms with Gasteiger partial charge in [-0.25, -0.2) is 0 Å². The van der Waals surface area contributed by atoms with E-state index in [1.165, 1.54) is 0 Å². The monoisotopic (exact) mass is 290 g/mol. The van der Waals surface area contributed by atoms with E-state index >= 15 is 0 Å². The van der Waals surface area contributed by atoms with Gasteiger partial charge in [-0.2, -0.15) is 0 Å². The van der Waals surface area contributed by atoms with Gasteiger partial charge in [-0.3, -0.25) is 0 Å². The van der Waals surface area contributed by atoms with Crippen LogP contribution in [0, 0.1) is 5.41 Å². The Bertz CT molecular complexity index is 427. The first kappa shape index (κ1) is 14.9. The van der Waals surface area contributed by atoms with Gasteiger partial charge in [-0.15, -0.1) is 0 Å². The van der Waals surface area contributed by atoms with Gasteiger partial charge < -0.3 is 15.7 Å². The van der Waals surface area contributed by atoms with Crippen molar-refractivity contribution in [2.24, 2.45) is 16.3 Å². The summed E-state index contributed by atoms with van der Waals surface area (Å²) in [6.07, 6.45) is 0.604. The molecule has 0 fully saturated rings. The van der Waals surface area contributed by atoms with E-state index < -0.39 is 5.41 Å². The molecule has 1 aromatic carbocycles. The molecular weight excluding hydrogens is 275 g/mol. The Balaban J connectivity index is 2.56. The van der Waals surface area contributed by atoms with Gasteiger partial charge in [0.2, 0.25) is 0 Å². The van der Waals surface area contributed by atoms with Crippen LogP contribution < -0.4 is 10.5 Å². The second kappa shape index (κ2) is 6.16. The predicted molar refractivity (Wildman–Crippen MR) is 73.8 cm³/mol. The first-order chi connectivity index (χ1) is 8.35. The zero-order chi connectivity index (χ0) is 13.8. The van der Waals surface area contributed by atoms with Crippen LogP contribution in [-0.2, 0) is 0 Å². The van der Waals surface area contributed by atoms with Crippen LogP contribution in [0.1, 0.15) is 20.3 Å². The summed E-state index contributed by atoms with van der Waals surface area (Å²) in [4.78, 5) is 0. The summed E-state index contributed by atoms with van der Waals surface area (Å²) >= 11 is 11.7. The second-order valence-corrected chi connectivity index (χ2v) is 5.45. The molecule has 0 saturated heterocycles. The predicted octanol–water partition coefficient (Wildman–Crippen LogP) is 3.53. The van der Waals surface area contributed by atoms with Crippen molar-refractivity contribution < 1.29 is 9.94 Å². The number of hydrogen-bond donors (Lipinski definition) is 2. The van der Waals surface area contributed by atoms with E-state index in [4.69, 9.17) is 38.9 Å². The first-order valence-corrected chi connectivity index (χ1v) is 6.17. The lowest BCUT2D eigenvalue weighted by Gasteiger charge is -2.22. The second-order valence-electron chi connectivity index (χ2n) is 4.57. The third-order valence-electron chi connectivity index (χ3n) is 2.63. The van der Waals surface area contributed by atoms with Crippen LogP contribution in [0.15, 0.2) is 23.4 Å². The van der Waals surface area contributed by atoms with Gasteiger partial charge in [0, 0.05) is 15.5 Å². The van der Waals surface area contributed by atoms with Gasteiger partial charge in [-0.1, -0.05) is 42.2 Å². The maximum Gasteiger partial charge on any atom is 0.144 e. The highest BCUT2D eigenvalue weighted by Gasteiger charge is 2.23. The molecule has 0 atom stereocenters. The Morgan fingerprint density at radius 2 is 1.89 bits per heavy atom. The molecular formula is C12H16Cl2N2O2. The molecule has 1 rings (SSSR count). The Hall–Kier alpha value is -1.13. The Kier molecular flexibility index (Phi) is 5.11. The number of benzene rings is 1. The van der Waals surface area contributed by atoms with Crippen molar-refractivity contribution in [1.29, 1.82) is 0 Å². The summed E-state index contributed by atoms with van der Waals surface area (Å²) < 4.78 is 5.54. The molecule has 0 radical (unpaired) electrons. The molecule has 0 spiro atoms. The maximum atomic E-state index is 8.65. The molecule has 0 unspecified atom stereocenters. The summed E-state index contributed by atoms with van der Waals surface area (Å²) in [5.41, 5.74) is 5.15. The van der Waals surface area contributed by atoms with Crippen LogP contribution in [0.5, 0.6) is 5.75 Å². The highest BCUT2D eigenvalue weighted by molar-refractivity contribution is 6.34. The van der Waals surface area contributed by atoms with Gasteiger partial charge in [0.1, 0.15) is 11.6 Å². The van der Waals surface area contributed by atoms with Crippen molar-refractivity contribution in [1.82, 2.24) is 0 Å². The van der Waals surface area contributed by atoms with Crippen molar-refractivity contribution in [3.05, 3.63) is 28.2 Å². The number of rotatable bonds is 5. The van der Waals surface area contributed by atoms with Crippen LogP contribution in [0.2, 0.25) is 10.0 Å². The van der Waals surface area contributed by atoms with E-state index in [0.717, 1.165) is 0 Å². The molecule has 0 amide bonds. The van der Waals surface area contributed by atoms with Crippen molar-refractivity contribution in [3.63, 3.8) is 0 Å². The van der Waals surface area contributed by atoms with Gasteiger partial charge in [0.15, 0.2) is 0 Å². The summed E-state index contributed by atoms with van der Waals surface area (Å²) in [7, 11) is 0. The van der Waals surface area contributed by atoms with E-state index in [9.17, 15) is 0 Å². The van der Waals surface area contributed by atoms with Crippen molar-refractivity contribution >= 4 is 29.0 Å². The van der Waals surface area contributed by atoms with Crippen LogP contribution in [0.3, 0.4) is 0 Å². The third-order valence-corrected chi connectivity index (χ3v) is 3.07. The standard InChI is InChI=1S/C12H16Cl2N2O2/c1-12(2,11(15)16-17)3-4-18-10-6-8(13)5-9(14)7-10/h5-7,17H,3-4H2,1-2H3,(H2,15,16). The topological polar surface area (TPSA) is 67.8 Å². The number of amidine groups is 1. The number of nitrogens with zero attached hydrogens (tertiary/aromatic N) is 1. The summed E-state index contributed by atoms with van der Waals surface area (Å²) in [6.45, 7) is 4.16. The molecule has 0 bridgehead atoms.